The van der Waals surface area contributed by atoms with Crippen molar-refractivity contribution in [3.8, 4) is 28.1 Å². The molecule has 0 spiro atoms. The molecule has 6 nitrogen and oxygen atoms in total. The first-order chi connectivity index (χ1) is 17.2. The van der Waals surface area contributed by atoms with Gasteiger partial charge in [0.25, 0.3) is 11.5 Å². The van der Waals surface area contributed by atoms with E-state index < -0.39 is 6.04 Å². The molecule has 0 N–H and O–H groups in total. The molecule has 0 saturated heterocycles. The summed E-state index contributed by atoms with van der Waals surface area (Å²) in [5, 5.41) is 0.603. The van der Waals surface area contributed by atoms with Crippen molar-refractivity contribution in [2.75, 3.05) is 12.0 Å². The summed E-state index contributed by atoms with van der Waals surface area (Å²) in [5.41, 5.74) is 5.79. The van der Waals surface area contributed by atoms with E-state index in [0.29, 0.717) is 21.8 Å². The summed E-state index contributed by atoms with van der Waals surface area (Å²) >= 11 is 13.0. The van der Waals surface area contributed by atoms with Crippen LogP contribution >= 0.6 is 23.2 Å². The summed E-state index contributed by atoms with van der Waals surface area (Å²) in [6, 6.07) is 15.0. The number of methoxy groups -OCH3 is 1. The molecular weight excluding hydrogens is 497 g/mol. The van der Waals surface area contributed by atoms with Gasteiger partial charge in [-0.2, -0.15) is 0 Å². The average molecular weight is 520 g/mol. The Kier molecular flexibility index (Phi) is 5.11. The summed E-state index contributed by atoms with van der Waals surface area (Å²) in [5.74, 6) is 0.602. The van der Waals surface area contributed by atoms with Crippen molar-refractivity contribution in [2.45, 2.75) is 25.9 Å². The fourth-order valence-corrected chi connectivity index (χ4v) is 6.12. The Bertz CT molecular complexity index is 1650. The molecule has 2 aromatic carbocycles. The van der Waals surface area contributed by atoms with Crippen molar-refractivity contribution in [1.82, 2.24) is 9.13 Å². The fourth-order valence-electron chi connectivity index (χ4n) is 5.62. The lowest BCUT2D eigenvalue weighted by Crippen LogP contribution is -2.35. The Balaban J connectivity index is 1.69. The Labute approximate surface area is 218 Å². The second-order valence-electron chi connectivity index (χ2n) is 9.42. The molecule has 0 aliphatic carbocycles. The van der Waals surface area contributed by atoms with Crippen molar-refractivity contribution >= 4 is 34.8 Å². The summed E-state index contributed by atoms with van der Waals surface area (Å²) in [6.45, 7) is 4.21. The molecule has 1 atom stereocenters. The Hall–Kier alpha value is -3.48. The van der Waals surface area contributed by atoms with Gasteiger partial charge in [-0.05, 0) is 55.3 Å². The summed E-state index contributed by atoms with van der Waals surface area (Å²) in [6.07, 6.45) is 1.69. The topological polar surface area (TPSA) is 56.5 Å². The van der Waals surface area contributed by atoms with Gasteiger partial charge in [0.1, 0.15) is 16.8 Å². The third-order valence-electron chi connectivity index (χ3n) is 7.08. The number of anilines is 1. The number of carbonyl (C=O) groups is 1. The quantitative estimate of drug-likeness (QED) is 0.311. The molecular formula is C28H23Cl2N3O3. The lowest BCUT2D eigenvalue weighted by atomic mass is 9.88. The van der Waals surface area contributed by atoms with Crippen LogP contribution in [0.1, 0.15) is 47.5 Å². The van der Waals surface area contributed by atoms with Gasteiger partial charge < -0.3 is 13.9 Å². The number of hydrogen-bond acceptors (Lipinski definition) is 3. The zero-order valence-corrected chi connectivity index (χ0v) is 21.7. The Morgan fingerprint density at radius 1 is 0.972 bits per heavy atom. The van der Waals surface area contributed by atoms with Crippen LogP contribution in [0.15, 0.2) is 59.5 Å². The molecule has 2 aliphatic heterocycles. The molecule has 2 aromatic heterocycles. The van der Waals surface area contributed by atoms with Crippen LogP contribution < -0.4 is 15.2 Å². The number of carbonyl (C=O) groups excluding carboxylic acids is 1. The first-order valence-electron chi connectivity index (χ1n) is 11.7. The Morgan fingerprint density at radius 2 is 1.72 bits per heavy atom. The number of amides is 1. The highest BCUT2D eigenvalue weighted by Crippen LogP contribution is 2.55. The number of aromatic nitrogens is 2. The molecule has 0 fully saturated rings. The fraction of sp³-hybridized carbons (Fsp3) is 0.214. The molecule has 1 unspecified atom stereocenters. The van der Waals surface area contributed by atoms with Gasteiger partial charge in [0.2, 0.25) is 0 Å². The van der Waals surface area contributed by atoms with E-state index in [1.54, 1.807) is 25.3 Å². The molecule has 182 valence electrons. The predicted molar refractivity (Wildman–Crippen MR) is 143 cm³/mol. The van der Waals surface area contributed by atoms with E-state index in [4.69, 9.17) is 27.9 Å². The van der Waals surface area contributed by atoms with E-state index in [0.717, 1.165) is 33.8 Å². The molecule has 8 heteroatoms. The van der Waals surface area contributed by atoms with Crippen LogP contribution in [0.3, 0.4) is 0 Å². The lowest BCUT2D eigenvalue weighted by Gasteiger charge is -2.36. The SMILES string of the molecule is COc1ccccc1-c1cc2c(n1C(C)C)C1c3ccc(Cl)cc3-c3c(cn(C)c(=O)c3Cl)N1C2=O. The van der Waals surface area contributed by atoms with Gasteiger partial charge in [0.15, 0.2) is 0 Å². The summed E-state index contributed by atoms with van der Waals surface area (Å²) < 4.78 is 9.28. The molecule has 6 rings (SSSR count). The zero-order valence-electron chi connectivity index (χ0n) is 20.2. The minimum atomic E-state index is -0.397. The molecule has 4 heterocycles. The highest BCUT2D eigenvalue weighted by Gasteiger charge is 2.48. The number of benzene rings is 2. The number of pyridine rings is 1. The minimum absolute atomic E-state index is 0.0577. The second kappa shape index (κ2) is 8.02. The smallest absolute Gasteiger partial charge is 0.269 e. The first kappa shape index (κ1) is 23.0. The molecule has 0 radical (unpaired) electrons. The molecule has 2 aliphatic rings. The third-order valence-corrected chi connectivity index (χ3v) is 7.67. The highest BCUT2D eigenvalue weighted by atomic mass is 35.5. The van der Waals surface area contributed by atoms with Crippen molar-refractivity contribution in [3.63, 3.8) is 0 Å². The second-order valence-corrected chi connectivity index (χ2v) is 10.2. The van der Waals surface area contributed by atoms with Crippen LogP contribution in [0.5, 0.6) is 5.75 Å². The van der Waals surface area contributed by atoms with Gasteiger partial charge in [-0.1, -0.05) is 41.4 Å². The van der Waals surface area contributed by atoms with Gasteiger partial charge in [-0.3, -0.25) is 14.5 Å². The summed E-state index contributed by atoms with van der Waals surface area (Å²) in [7, 11) is 3.28. The van der Waals surface area contributed by atoms with Crippen LogP contribution in [0.4, 0.5) is 5.69 Å². The predicted octanol–water partition coefficient (Wildman–Crippen LogP) is 6.48. The number of para-hydroxylation sites is 1. The number of rotatable bonds is 3. The number of halogens is 2. The van der Waals surface area contributed by atoms with E-state index in [1.165, 1.54) is 4.57 Å². The van der Waals surface area contributed by atoms with E-state index in [2.05, 4.69) is 18.4 Å². The van der Waals surface area contributed by atoms with Crippen LogP contribution in [0.25, 0.3) is 22.4 Å². The molecule has 0 bridgehead atoms. The average Bonchev–Trinajstić information content (AvgIpc) is 3.38. The Morgan fingerprint density at radius 3 is 2.44 bits per heavy atom. The molecule has 4 aromatic rings. The third kappa shape index (κ3) is 2.98. The maximum Gasteiger partial charge on any atom is 0.269 e. The molecule has 0 saturated carbocycles. The molecule has 36 heavy (non-hydrogen) atoms. The summed E-state index contributed by atoms with van der Waals surface area (Å²) in [4.78, 5) is 28.6. The zero-order chi connectivity index (χ0) is 25.5. The van der Waals surface area contributed by atoms with Gasteiger partial charge >= 0.3 is 0 Å². The normalized spacial score (nSPS) is 15.6. The number of nitrogens with zero attached hydrogens (tertiary/aromatic N) is 3. The van der Waals surface area contributed by atoms with E-state index >= 15 is 0 Å². The van der Waals surface area contributed by atoms with Crippen LogP contribution in [-0.2, 0) is 7.05 Å². The number of aryl methyl sites for hydroxylation is 1. The standard InChI is InChI=1S/C28H23Cl2N3O3/c1-14(2)32-20(17-7-5-6-8-22(17)36-4)12-19-26(32)25-16-10-9-15(29)11-18(16)23-21(33(25)27(19)34)13-31(3)28(35)24(23)30/h5-14,25H,1-4H3. The first-order valence-corrected chi connectivity index (χ1v) is 12.4. The van der Waals surface area contributed by atoms with Crippen molar-refractivity contribution in [1.29, 1.82) is 0 Å². The van der Waals surface area contributed by atoms with Crippen molar-refractivity contribution in [3.05, 3.63) is 91.9 Å². The monoisotopic (exact) mass is 519 g/mol. The van der Waals surface area contributed by atoms with Crippen LogP contribution in [0, 0.1) is 0 Å². The van der Waals surface area contributed by atoms with E-state index in [9.17, 15) is 9.59 Å². The minimum Gasteiger partial charge on any atom is -0.496 e. The van der Waals surface area contributed by atoms with Gasteiger partial charge in [-0.15, -0.1) is 0 Å². The largest absolute Gasteiger partial charge is 0.496 e. The van der Waals surface area contributed by atoms with Gasteiger partial charge in [0.05, 0.1) is 29.7 Å². The van der Waals surface area contributed by atoms with Crippen LogP contribution in [-0.4, -0.2) is 22.2 Å². The maximum absolute atomic E-state index is 14.1. The number of ether oxygens (including phenoxy) is 1. The number of hydrogen-bond donors (Lipinski definition) is 0. The highest BCUT2D eigenvalue weighted by molar-refractivity contribution is 6.35. The van der Waals surface area contributed by atoms with E-state index in [-0.39, 0.29) is 22.5 Å². The van der Waals surface area contributed by atoms with E-state index in [1.807, 2.05) is 48.5 Å². The molecule has 1 amide bonds. The number of fused-ring (bicyclic) bond motifs is 8. The van der Waals surface area contributed by atoms with Gasteiger partial charge in [0, 0.05) is 35.4 Å². The van der Waals surface area contributed by atoms with Crippen molar-refractivity contribution < 1.29 is 9.53 Å². The van der Waals surface area contributed by atoms with Gasteiger partial charge in [-0.25, -0.2) is 0 Å². The van der Waals surface area contributed by atoms with Crippen LogP contribution in [0.2, 0.25) is 10.0 Å². The maximum atomic E-state index is 14.1. The lowest BCUT2D eigenvalue weighted by molar-refractivity contribution is 0.0993. The van der Waals surface area contributed by atoms with Crippen molar-refractivity contribution in [2.24, 2.45) is 7.05 Å².